The molecule has 0 spiro atoms. The maximum absolute atomic E-state index is 12.4. The average Bonchev–Trinajstić information content (AvgIpc) is 3.12. The number of carbonyl (C=O) groups is 1. The summed E-state index contributed by atoms with van der Waals surface area (Å²) < 4.78 is 2.08. The third kappa shape index (κ3) is 3.08. The minimum Gasteiger partial charge on any atom is -0.395 e. The standard InChI is InChI=1S/C21H24N4O/c1-13(17-10-14-8-6-7-9-16(14)25(17)5)11-23-20-18(22)15(12-24-20)19(26)21(2,3)4/h6-12,24H,1,22H2,2-5H3/b23-11-. The van der Waals surface area contributed by atoms with Crippen molar-refractivity contribution in [2.75, 3.05) is 5.73 Å². The molecule has 2 heterocycles. The van der Waals surface area contributed by atoms with E-state index in [1.165, 1.54) is 0 Å². The number of Topliss-reactive ketones (excluding diaryl/α,β-unsaturated/α-hetero) is 1. The predicted molar refractivity (Wildman–Crippen MR) is 109 cm³/mol. The number of aromatic nitrogens is 2. The number of H-pyrrole nitrogens is 1. The van der Waals surface area contributed by atoms with Crippen LogP contribution in [0.3, 0.4) is 0 Å². The van der Waals surface area contributed by atoms with Crippen LogP contribution in [-0.2, 0) is 7.05 Å². The molecule has 0 fully saturated rings. The van der Waals surface area contributed by atoms with Crippen molar-refractivity contribution in [1.29, 1.82) is 0 Å². The zero-order valence-corrected chi connectivity index (χ0v) is 15.6. The zero-order valence-electron chi connectivity index (χ0n) is 15.6. The molecule has 26 heavy (non-hydrogen) atoms. The summed E-state index contributed by atoms with van der Waals surface area (Å²) in [5, 5.41) is 1.15. The van der Waals surface area contributed by atoms with E-state index >= 15 is 0 Å². The van der Waals surface area contributed by atoms with Crippen molar-refractivity contribution < 1.29 is 4.79 Å². The normalized spacial score (nSPS) is 12.2. The molecule has 0 radical (unpaired) electrons. The van der Waals surface area contributed by atoms with E-state index in [1.807, 2.05) is 40.0 Å². The number of para-hydroxylation sites is 1. The van der Waals surface area contributed by atoms with Crippen LogP contribution < -0.4 is 5.73 Å². The molecule has 0 amide bonds. The van der Waals surface area contributed by atoms with Crippen LogP contribution in [0.2, 0.25) is 0 Å². The predicted octanol–water partition coefficient (Wildman–Crippen LogP) is 4.73. The van der Waals surface area contributed by atoms with Crippen LogP contribution in [0.25, 0.3) is 16.5 Å². The number of hydrogen-bond acceptors (Lipinski definition) is 3. The van der Waals surface area contributed by atoms with Crippen molar-refractivity contribution in [2.45, 2.75) is 20.8 Å². The number of allylic oxidation sites excluding steroid dienone is 1. The van der Waals surface area contributed by atoms with Crippen LogP contribution in [0, 0.1) is 5.41 Å². The summed E-state index contributed by atoms with van der Waals surface area (Å²) in [6.45, 7) is 9.72. The molecule has 5 nitrogen and oxygen atoms in total. The third-order valence-corrected chi connectivity index (χ3v) is 4.45. The molecule has 134 valence electrons. The summed E-state index contributed by atoms with van der Waals surface area (Å²) in [6, 6.07) is 10.2. The number of aliphatic imine (C=N–C) groups is 1. The van der Waals surface area contributed by atoms with Gasteiger partial charge < -0.3 is 15.3 Å². The molecule has 3 rings (SSSR count). The fourth-order valence-electron chi connectivity index (χ4n) is 2.93. The van der Waals surface area contributed by atoms with Crippen molar-refractivity contribution in [3.8, 4) is 0 Å². The summed E-state index contributed by atoms with van der Waals surface area (Å²) in [5.74, 6) is 0.456. The fraction of sp³-hybridized carbons (Fsp3) is 0.238. The van der Waals surface area contributed by atoms with Gasteiger partial charge in [0.25, 0.3) is 0 Å². The molecule has 2 aromatic heterocycles. The highest BCUT2D eigenvalue weighted by atomic mass is 16.1. The first-order chi connectivity index (χ1) is 12.2. The molecule has 0 atom stereocenters. The van der Waals surface area contributed by atoms with Gasteiger partial charge in [0.15, 0.2) is 11.6 Å². The molecule has 0 saturated heterocycles. The van der Waals surface area contributed by atoms with Crippen LogP contribution in [0.1, 0.15) is 36.8 Å². The van der Waals surface area contributed by atoms with E-state index in [4.69, 9.17) is 5.73 Å². The largest absolute Gasteiger partial charge is 0.395 e. The lowest BCUT2D eigenvalue weighted by atomic mass is 9.87. The Morgan fingerprint density at radius 2 is 2.00 bits per heavy atom. The van der Waals surface area contributed by atoms with Gasteiger partial charge in [-0.05, 0) is 12.1 Å². The molecule has 3 aromatic rings. The molecular weight excluding hydrogens is 324 g/mol. The van der Waals surface area contributed by atoms with E-state index in [0.29, 0.717) is 17.1 Å². The molecule has 0 unspecified atom stereocenters. The van der Waals surface area contributed by atoms with E-state index in [1.54, 1.807) is 12.4 Å². The SMILES string of the molecule is C=C(/C=N\c1[nH]cc(C(=O)C(C)(C)C)c1N)c1cc2ccccc2n1C. The average molecular weight is 348 g/mol. The second-order valence-electron chi connectivity index (χ2n) is 7.47. The summed E-state index contributed by atoms with van der Waals surface area (Å²) in [5.41, 5.74) is 9.34. The first-order valence-corrected chi connectivity index (χ1v) is 8.49. The van der Waals surface area contributed by atoms with Gasteiger partial charge in [-0.25, -0.2) is 4.99 Å². The lowest BCUT2D eigenvalue weighted by Gasteiger charge is -2.15. The Balaban J connectivity index is 1.88. The zero-order chi connectivity index (χ0) is 19.1. The van der Waals surface area contributed by atoms with Gasteiger partial charge in [0, 0.05) is 47.0 Å². The number of anilines is 1. The Bertz CT molecular complexity index is 1030. The second-order valence-corrected chi connectivity index (χ2v) is 7.47. The molecule has 0 aliphatic rings. The van der Waals surface area contributed by atoms with Gasteiger partial charge in [0.05, 0.1) is 11.3 Å². The van der Waals surface area contributed by atoms with Gasteiger partial charge in [0.2, 0.25) is 0 Å². The van der Waals surface area contributed by atoms with Crippen molar-refractivity contribution in [2.24, 2.45) is 17.5 Å². The number of nitrogen functional groups attached to an aromatic ring is 1. The molecule has 0 aliphatic heterocycles. The van der Waals surface area contributed by atoms with Crippen LogP contribution >= 0.6 is 0 Å². The summed E-state index contributed by atoms with van der Waals surface area (Å²) in [6.07, 6.45) is 3.29. The first kappa shape index (κ1) is 17.7. The number of hydrogen-bond donors (Lipinski definition) is 2. The van der Waals surface area contributed by atoms with Crippen LogP contribution in [0.5, 0.6) is 0 Å². The molecular formula is C21H24N4O. The lowest BCUT2D eigenvalue weighted by molar-refractivity contribution is 0.0859. The van der Waals surface area contributed by atoms with Crippen LogP contribution in [0.4, 0.5) is 11.5 Å². The number of nitrogens with one attached hydrogen (secondary N) is 1. The Morgan fingerprint density at radius 1 is 1.31 bits per heavy atom. The van der Waals surface area contributed by atoms with E-state index < -0.39 is 5.41 Å². The minimum atomic E-state index is -0.496. The van der Waals surface area contributed by atoms with Crippen molar-refractivity contribution in [1.82, 2.24) is 9.55 Å². The number of nitrogens with zero attached hydrogens (tertiary/aromatic N) is 2. The highest BCUT2D eigenvalue weighted by Crippen LogP contribution is 2.31. The number of fused-ring (bicyclic) bond motifs is 1. The number of aromatic amines is 1. The maximum atomic E-state index is 12.4. The van der Waals surface area contributed by atoms with Crippen molar-refractivity contribution in [3.05, 3.63) is 54.4 Å². The summed E-state index contributed by atoms with van der Waals surface area (Å²) >= 11 is 0. The van der Waals surface area contributed by atoms with E-state index in [-0.39, 0.29) is 5.78 Å². The topological polar surface area (TPSA) is 76.2 Å². The molecule has 1 aromatic carbocycles. The van der Waals surface area contributed by atoms with Gasteiger partial charge in [-0.3, -0.25) is 4.79 Å². The quantitative estimate of drug-likeness (QED) is 0.528. The number of carbonyl (C=O) groups excluding carboxylic acids is 1. The Kier molecular flexibility index (Phi) is 4.32. The van der Waals surface area contributed by atoms with Crippen LogP contribution in [0.15, 0.2) is 48.1 Å². The van der Waals surface area contributed by atoms with Crippen molar-refractivity contribution in [3.63, 3.8) is 0 Å². The molecule has 0 bridgehead atoms. The lowest BCUT2D eigenvalue weighted by Crippen LogP contribution is -2.20. The van der Waals surface area contributed by atoms with Crippen molar-refractivity contribution >= 4 is 40.0 Å². The number of aryl methyl sites for hydroxylation is 1. The van der Waals surface area contributed by atoms with E-state index in [9.17, 15) is 4.79 Å². The molecule has 0 aliphatic carbocycles. The second kappa shape index (κ2) is 6.33. The van der Waals surface area contributed by atoms with E-state index in [0.717, 1.165) is 22.2 Å². The Morgan fingerprint density at radius 3 is 2.65 bits per heavy atom. The summed E-state index contributed by atoms with van der Waals surface area (Å²) in [4.78, 5) is 19.8. The number of ketones is 1. The maximum Gasteiger partial charge on any atom is 0.171 e. The molecule has 3 N–H and O–H groups in total. The van der Waals surface area contributed by atoms with Crippen LogP contribution in [-0.4, -0.2) is 21.5 Å². The van der Waals surface area contributed by atoms with Gasteiger partial charge in [-0.15, -0.1) is 0 Å². The van der Waals surface area contributed by atoms with Gasteiger partial charge in [-0.1, -0.05) is 45.5 Å². The van der Waals surface area contributed by atoms with Gasteiger partial charge in [0.1, 0.15) is 0 Å². The minimum absolute atomic E-state index is 0.0137. The monoisotopic (exact) mass is 348 g/mol. The Hall–Kier alpha value is -3.08. The first-order valence-electron chi connectivity index (χ1n) is 8.49. The third-order valence-electron chi connectivity index (χ3n) is 4.45. The number of nitrogens with two attached hydrogens (primary N) is 1. The smallest absolute Gasteiger partial charge is 0.171 e. The fourth-order valence-corrected chi connectivity index (χ4v) is 2.93. The van der Waals surface area contributed by atoms with Gasteiger partial charge >= 0.3 is 0 Å². The number of benzene rings is 1. The van der Waals surface area contributed by atoms with E-state index in [2.05, 4.69) is 39.3 Å². The highest BCUT2D eigenvalue weighted by molar-refractivity contribution is 6.11. The molecule has 5 heteroatoms. The number of rotatable bonds is 4. The Labute approximate surface area is 153 Å². The summed E-state index contributed by atoms with van der Waals surface area (Å²) in [7, 11) is 2.00. The molecule has 0 saturated carbocycles. The van der Waals surface area contributed by atoms with Gasteiger partial charge in [-0.2, -0.15) is 0 Å². The highest BCUT2D eigenvalue weighted by Gasteiger charge is 2.26.